The Labute approximate surface area is 225 Å². The van der Waals surface area contributed by atoms with Crippen LogP contribution in [0, 0.1) is 5.82 Å². The van der Waals surface area contributed by atoms with Crippen LogP contribution in [0.5, 0.6) is 0 Å². The van der Waals surface area contributed by atoms with E-state index in [-0.39, 0.29) is 5.39 Å². The van der Waals surface area contributed by atoms with Gasteiger partial charge in [0.1, 0.15) is 11.6 Å². The molecule has 0 aliphatic rings. The number of benzene rings is 2. The van der Waals surface area contributed by atoms with Gasteiger partial charge in [-0.3, -0.25) is 23.8 Å². The molecule has 0 atom stereocenters. The van der Waals surface area contributed by atoms with Gasteiger partial charge in [-0.1, -0.05) is 43.6 Å². The average Bonchev–Trinajstić information content (AvgIpc) is 2.86. The second-order valence-electron chi connectivity index (χ2n) is 8.30. The average molecular weight is 559 g/mol. The molecular weight excluding hydrogens is 531 g/mol. The summed E-state index contributed by atoms with van der Waals surface area (Å²) >= 11 is 6.40. The van der Waals surface area contributed by atoms with Crippen molar-refractivity contribution in [1.29, 1.82) is 0 Å². The fourth-order valence-electron chi connectivity index (χ4n) is 3.67. The molecule has 4 aromatic rings. The maximum absolute atomic E-state index is 13.9. The lowest BCUT2D eigenvalue weighted by molar-refractivity contribution is 0.292. The molecule has 2 heterocycles. The van der Waals surface area contributed by atoms with Gasteiger partial charge in [0.2, 0.25) is 0 Å². The van der Waals surface area contributed by atoms with Gasteiger partial charge in [-0.05, 0) is 67.7 Å². The van der Waals surface area contributed by atoms with Crippen LogP contribution in [0.3, 0.4) is 0 Å². The van der Waals surface area contributed by atoms with Crippen molar-refractivity contribution in [3.63, 3.8) is 0 Å². The van der Waals surface area contributed by atoms with Crippen LogP contribution in [-0.4, -0.2) is 51.8 Å². The summed E-state index contributed by atoms with van der Waals surface area (Å²) < 4.78 is 41.1. The van der Waals surface area contributed by atoms with Crippen molar-refractivity contribution in [3.8, 4) is 5.69 Å². The van der Waals surface area contributed by atoms with Gasteiger partial charge in [0.25, 0.3) is 15.7 Å². The van der Waals surface area contributed by atoms with Gasteiger partial charge in [-0.2, -0.15) is 8.42 Å². The summed E-state index contributed by atoms with van der Waals surface area (Å²) in [4.78, 5) is 25.0. The van der Waals surface area contributed by atoms with Crippen molar-refractivity contribution in [2.45, 2.75) is 20.4 Å². The number of hydrogen-bond donors (Lipinski definition) is 1. The monoisotopic (exact) mass is 558 g/mol. The Hall–Kier alpha value is -3.44. The van der Waals surface area contributed by atoms with Crippen LogP contribution in [0.1, 0.15) is 31.1 Å². The summed E-state index contributed by atoms with van der Waals surface area (Å²) in [6, 6.07) is 16.9. The highest BCUT2D eigenvalue weighted by Crippen LogP contribution is 2.22. The molecule has 0 amide bonds. The SMILES string of the molecule is CCN(CC)Cc1cccc(/C=C/c2nc3ccc(F)cc3c(=O)n2-c2ccccc2Cl)n1.CS(=O)(=O)O. The first kappa shape index (κ1) is 29.1. The molecule has 0 spiro atoms. The highest BCUT2D eigenvalue weighted by molar-refractivity contribution is 7.85. The third-order valence-electron chi connectivity index (χ3n) is 5.46. The van der Waals surface area contributed by atoms with Crippen LogP contribution < -0.4 is 5.56 Å². The van der Waals surface area contributed by atoms with Gasteiger partial charge in [-0.15, -0.1) is 0 Å². The number of nitrogens with zero attached hydrogens (tertiary/aromatic N) is 4. The molecule has 0 bridgehead atoms. The highest BCUT2D eigenvalue weighted by atomic mass is 35.5. The normalized spacial score (nSPS) is 11.7. The second-order valence-corrected chi connectivity index (χ2v) is 10.2. The Balaban J connectivity index is 0.000000732. The van der Waals surface area contributed by atoms with Crippen LogP contribution in [0.25, 0.3) is 28.7 Å². The molecule has 0 aliphatic carbocycles. The Morgan fingerprint density at radius 1 is 1.03 bits per heavy atom. The Kier molecular flexibility index (Phi) is 9.87. The van der Waals surface area contributed by atoms with E-state index in [1.165, 1.54) is 22.8 Å². The lowest BCUT2D eigenvalue weighted by Gasteiger charge is -2.17. The van der Waals surface area contributed by atoms with Gasteiger partial charge in [0.05, 0.1) is 39.3 Å². The van der Waals surface area contributed by atoms with Gasteiger partial charge in [0, 0.05) is 6.54 Å². The van der Waals surface area contributed by atoms with E-state index in [0.29, 0.717) is 28.3 Å². The number of para-hydroxylation sites is 1. The zero-order chi connectivity index (χ0) is 27.9. The third-order valence-corrected chi connectivity index (χ3v) is 5.78. The topological polar surface area (TPSA) is 105 Å². The summed E-state index contributed by atoms with van der Waals surface area (Å²) in [6.07, 6.45) is 4.26. The minimum atomic E-state index is -3.67. The van der Waals surface area contributed by atoms with Crippen molar-refractivity contribution in [1.82, 2.24) is 19.4 Å². The second kappa shape index (κ2) is 12.9. The van der Waals surface area contributed by atoms with E-state index in [0.717, 1.165) is 31.0 Å². The van der Waals surface area contributed by atoms with Crippen LogP contribution in [0.15, 0.2) is 65.5 Å². The maximum Gasteiger partial charge on any atom is 0.266 e. The maximum atomic E-state index is 13.9. The molecule has 1 N–H and O–H groups in total. The first-order valence-corrected chi connectivity index (χ1v) is 14.0. The molecule has 4 rings (SSSR count). The van der Waals surface area contributed by atoms with E-state index in [9.17, 15) is 17.6 Å². The molecule has 8 nitrogen and oxygen atoms in total. The lowest BCUT2D eigenvalue weighted by Crippen LogP contribution is -2.23. The first-order valence-electron chi connectivity index (χ1n) is 11.8. The van der Waals surface area contributed by atoms with Crippen LogP contribution in [-0.2, 0) is 16.7 Å². The number of pyridine rings is 1. The third kappa shape index (κ3) is 8.03. The predicted octanol–water partition coefficient (Wildman–Crippen LogP) is 5.09. The fraction of sp³-hybridized carbons (Fsp3) is 0.222. The summed E-state index contributed by atoms with van der Waals surface area (Å²) in [7, 11) is -3.67. The van der Waals surface area contributed by atoms with Gasteiger partial charge < -0.3 is 0 Å². The largest absolute Gasteiger partial charge is 0.298 e. The molecule has 0 unspecified atom stereocenters. The van der Waals surface area contributed by atoms with Gasteiger partial charge >= 0.3 is 0 Å². The van der Waals surface area contributed by atoms with E-state index in [2.05, 4.69) is 23.7 Å². The molecule has 0 fully saturated rings. The fourth-order valence-corrected chi connectivity index (χ4v) is 3.89. The van der Waals surface area contributed by atoms with Gasteiger partial charge in [0.15, 0.2) is 0 Å². The minimum absolute atomic E-state index is 0.186. The molecule has 2 aromatic carbocycles. The predicted molar refractivity (Wildman–Crippen MR) is 150 cm³/mol. The van der Waals surface area contributed by atoms with Crippen LogP contribution in [0.4, 0.5) is 4.39 Å². The summed E-state index contributed by atoms with van der Waals surface area (Å²) in [5.74, 6) is -0.118. The molecule has 200 valence electrons. The summed E-state index contributed by atoms with van der Waals surface area (Å²) in [6.45, 7) is 6.91. The Morgan fingerprint density at radius 2 is 1.71 bits per heavy atom. The van der Waals surface area contributed by atoms with E-state index >= 15 is 0 Å². The number of aromatic nitrogens is 3. The zero-order valence-electron chi connectivity index (χ0n) is 21.2. The number of hydrogen-bond acceptors (Lipinski definition) is 6. The molecule has 0 saturated heterocycles. The molecule has 0 saturated carbocycles. The quantitative estimate of drug-likeness (QED) is 0.315. The summed E-state index contributed by atoms with van der Waals surface area (Å²) in [5, 5.41) is 0.581. The molecule has 11 heteroatoms. The van der Waals surface area contributed by atoms with Crippen molar-refractivity contribution >= 4 is 44.8 Å². The highest BCUT2D eigenvalue weighted by Gasteiger charge is 2.14. The Bertz CT molecular complexity index is 1610. The number of halogens is 2. The lowest BCUT2D eigenvalue weighted by atomic mass is 10.2. The smallest absolute Gasteiger partial charge is 0.266 e. The molecule has 38 heavy (non-hydrogen) atoms. The van der Waals surface area contributed by atoms with Crippen molar-refractivity contribution in [2.24, 2.45) is 0 Å². The number of fused-ring (bicyclic) bond motifs is 1. The van der Waals surface area contributed by atoms with E-state index in [1.54, 1.807) is 30.3 Å². The van der Waals surface area contributed by atoms with E-state index in [1.807, 2.05) is 24.3 Å². The van der Waals surface area contributed by atoms with Crippen LogP contribution in [0.2, 0.25) is 5.02 Å². The molecule has 0 radical (unpaired) electrons. The minimum Gasteiger partial charge on any atom is -0.298 e. The zero-order valence-corrected chi connectivity index (χ0v) is 22.7. The first-order chi connectivity index (χ1) is 18.0. The Morgan fingerprint density at radius 3 is 2.37 bits per heavy atom. The standard InChI is InChI=1S/C26H24ClFN4O.CH4O3S/c1-3-31(4-2)17-20-9-7-8-19(29-20)13-15-25-30-23-14-12-18(28)16-21(23)26(33)32(25)24-11-6-5-10-22(24)27;1-5(2,3)4/h5-16H,3-4,17H2,1-2H3;1H3,(H,2,3,4)/b15-13+;. The van der Waals surface area contributed by atoms with E-state index < -0.39 is 21.5 Å². The van der Waals surface area contributed by atoms with Crippen molar-refractivity contribution < 1.29 is 17.4 Å². The van der Waals surface area contributed by atoms with Crippen LogP contribution >= 0.6 is 11.6 Å². The molecular formula is C27H28ClFN4O4S. The van der Waals surface area contributed by atoms with E-state index in [4.69, 9.17) is 21.1 Å². The summed E-state index contributed by atoms with van der Waals surface area (Å²) in [5.41, 5.74) is 2.21. The number of rotatable bonds is 7. The molecule has 2 aromatic heterocycles. The van der Waals surface area contributed by atoms with Crippen molar-refractivity contribution in [3.05, 3.63) is 99.1 Å². The van der Waals surface area contributed by atoms with Crippen molar-refractivity contribution in [2.75, 3.05) is 19.3 Å². The van der Waals surface area contributed by atoms with Gasteiger partial charge in [-0.25, -0.2) is 9.37 Å². The molecule has 0 aliphatic heterocycles.